The number of nitrogens with zero attached hydrogens (tertiary/aromatic N) is 5. The third-order valence-corrected chi connectivity index (χ3v) is 5.78. The number of aromatic nitrogens is 3. The Kier molecular flexibility index (Phi) is 5.15. The zero-order valence-corrected chi connectivity index (χ0v) is 16.8. The molecule has 2 aromatic heterocycles. The second kappa shape index (κ2) is 7.73. The molecule has 1 aromatic carbocycles. The lowest BCUT2D eigenvalue weighted by molar-refractivity contribution is 0.0741. The molecule has 0 aliphatic carbocycles. The molecule has 0 bridgehead atoms. The number of aryl methyl sites for hydroxylation is 1. The molecule has 3 heterocycles. The van der Waals surface area contributed by atoms with Gasteiger partial charge in [-0.05, 0) is 19.1 Å². The van der Waals surface area contributed by atoms with Gasteiger partial charge in [-0.2, -0.15) is 9.78 Å². The molecule has 1 fully saturated rings. The summed E-state index contributed by atoms with van der Waals surface area (Å²) in [5.74, 6) is -0.0623. The van der Waals surface area contributed by atoms with Gasteiger partial charge in [0.1, 0.15) is 10.7 Å². The van der Waals surface area contributed by atoms with Crippen LogP contribution in [-0.2, 0) is 0 Å². The number of hydrogen-bond acceptors (Lipinski definition) is 6. The zero-order valence-electron chi connectivity index (χ0n) is 15.2. The first-order chi connectivity index (χ1) is 13.5. The number of para-hydroxylation sites is 1. The molecule has 1 saturated heterocycles. The second-order valence-corrected chi connectivity index (χ2v) is 7.87. The van der Waals surface area contributed by atoms with Crippen LogP contribution >= 0.6 is 22.9 Å². The van der Waals surface area contributed by atoms with Gasteiger partial charge in [0, 0.05) is 31.6 Å². The van der Waals surface area contributed by atoms with Gasteiger partial charge in [0.25, 0.3) is 11.5 Å². The first-order valence-corrected chi connectivity index (χ1v) is 10.1. The Bertz CT molecular complexity index is 1060. The van der Waals surface area contributed by atoms with Crippen molar-refractivity contribution in [1.29, 1.82) is 0 Å². The number of rotatable bonds is 3. The summed E-state index contributed by atoms with van der Waals surface area (Å²) in [6.07, 6.45) is 1.61. The molecular weight excluding hydrogens is 398 g/mol. The predicted molar refractivity (Wildman–Crippen MR) is 110 cm³/mol. The number of anilines is 1. The smallest absolute Gasteiger partial charge is 0.292 e. The van der Waals surface area contributed by atoms with E-state index in [-0.39, 0.29) is 16.5 Å². The molecule has 9 heteroatoms. The van der Waals surface area contributed by atoms with Crippen molar-refractivity contribution < 1.29 is 4.79 Å². The molecule has 3 aromatic rings. The van der Waals surface area contributed by atoms with Crippen molar-refractivity contribution in [2.45, 2.75) is 6.92 Å². The first kappa shape index (κ1) is 18.6. The van der Waals surface area contributed by atoms with Gasteiger partial charge >= 0.3 is 0 Å². The third-order valence-electron chi connectivity index (χ3n) is 4.65. The number of hydrogen-bond donors (Lipinski definition) is 0. The van der Waals surface area contributed by atoms with Crippen molar-refractivity contribution in [3.05, 3.63) is 68.0 Å². The predicted octanol–water partition coefficient (Wildman–Crippen LogP) is 2.61. The van der Waals surface area contributed by atoms with Crippen molar-refractivity contribution in [1.82, 2.24) is 19.7 Å². The number of thiazole rings is 1. The van der Waals surface area contributed by atoms with Crippen LogP contribution in [0.25, 0.3) is 5.69 Å². The second-order valence-electron chi connectivity index (χ2n) is 6.43. The van der Waals surface area contributed by atoms with E-state index < -0.39 is 0 Å². The number of piperazine rings is 1. The molecule has 0 atom stereocenters. The Hall–Kier alpha value is -2.71. The minimum atomic E-state index is -0.359. The van der Waals surface area contributed by atoms with Crippen LogP contribution in [0.4, 0.5) is 5.69 Å². The van der Waals surface area contributed by atoms with E-state index in [1.54, 1.807) is 28.6 Å². The van der Waals surface area contributed by atoms with E-state index in [1.165, 1.54) is 16.0 Å². The average molecular weight is 416 g/mol. The van der Waals surface area contributed by atoms with E-state index in [2.05, 4.69) is 10.1 Å². The highest BCUT2D eigenvalue weighted by atomic mass is 35.5. The van der Waals surface area contributed by atoms with Gasteiger partial charge in [-0.25, -0.2) is 4.98 Å². The Morgan fingerprint density at radius 2 is 1.86 bits per heavy atom. The molecule has 1 amide bonds. The van der Waals surface area contributed by atoms with E-state index in [4.69, 9.17) is 11.6 Å². The number of carbonyl (C=O) groups is 1. The number of amides is 1. The zero-order chi connectivity index (χ0) is 19.7. The fourth-order valence-electron chi connectivity index (χ4n) is 3.17. The van der Waals surface area contributed by atoms with Crippen LogP contribution in [0, 0.1) is 6.92 Å². The van der Waals surface area contributed by atoms with Crippen LogP contribution in [0.3, 0.4) is 0 Å². The average Bonchev–Trinajstić information content (AvgIpc) is 3.16. The van der Waals surface area contributed by atoms with Gasteiger partial charge in [0.15, 0.2) is 0 Å². The van der Waals surface area contributed by atoms with Crippen molar-refractivity contribution in [3.63, 3.8) is 0 Å². The molecule has 4 rings (SSSR count). The van der Waals surface area contributed by atoms with Crippen molar-refractivity contribution >= 4 is 34.5 Å². The van der Waals surface area contributed by atoms with Crippen molar-refractivity contribution in [2.24, 2.45) is 0 Å². The molecule has 1 aliphatic rings. The summed E-state index contributed by atoms with van der Waals surface area (Å²) in [6, 6.07) is 9.15. The van der Waals surface area contributed by atoms with E-state index in [0.717, 1.165) is 5.01 Å². The molecule has 0 saturated carbocycles. The van der Waals surface area contributed by atoms with Gasteiger partial charge < -0.3 is 9.80 Å². The minimum absolute atomic E-state index is 0.0623. The summed E-state index contributed by atoms with van der Waals surface area (Å²) in [7, 11) is 0. The largest absolute Gasteiger partial charge is 0.365 e. The van der Waals surface area contributed by atoms with Crippen molar-refractivity contribution in [3.8, 4) is 5.69 Å². The third kappa shape index (κ3) is 3.53. The Balaban J connectivity index is 1.50. The van der Waals surface area contributed by atoms with Crippen molar-refractivity contribution in [2.75, 3.05) is 31.1 Å². The number of benzene rings is 1. The van der Waals surface area contributed by atoms with Gasteiger partial charge in [-0.3, -0.25) is 9.59 Å². The SMILES string of the molecule is Cc1nc(C(=O)N2CCN(c3cnn(-c4ccccc4)c(=O)c3Cl)CC2)cs1. The highest BCUT2D eigenvalue weighted by molar-refractivity contribution is 7.09. The fraction of sp³-hybridized carbons (Fsp3) is 0.263. The minimum Gasteiger partial charge on any atom is -0.365 e. The summed E-state index contributed by atoms with van der Waals surface area (Å²) in [5, 5.41) is 7.07. The van der Waals surface area contributed by atoms with Crippen LogP contribution in [0.5, 0.6) is 0 Å². The normalized spacial score (nSPS) is 14.4. The van der Waals surface area contributed by atoms with E-state index in [1.807, 2.05) is 30.0 Å². The fourth-order valence-corrected chi connectivity index (χ4v) is 4.01. The summed E-state index contributed by atoms with van der Waals surface area (Å²) < 4.78 is 1.29. The molecule has 0 unspecified atom stereocenters. The van der Waals surface area contributed by atoms with Crippen LogP contribution in [0.15, 0.2) is 46.7 Å². The molecule has 0 spiro atoms. The molecule has 1 aliphatic heterocycles. The highest BCUT2D eigenvalue weighted by Gasteiger charge is 2.25. The van der Waals surface area contributed by atoms with Gasteiger partial charge in [-0.15, -0.1) is 11.3 Å². The van der Waals surface area contributed by atoms with Gasteiger partial charge in [0.05, 0.1) is 22.6 Å². The topological polar surface area (TPSA) is 71.3 Å². The lowest BCUT2D eigenvalue weighted by Crippen LogP contribution is -2.49. The number of halogens is 1. The van der Waals surface area contributed by atoms with Crippen LogP contribution in [0.1, 0.15) is 15.5 Å². The summed E-state index contributed by atoms with van der Waals surface area (Å²) in [5.41, 5.74) is 1.38. The monoisotopic (exact) mass is 415 g/mol. The lowest BCUT2D eigenvalue weighted by Gasteiger charge is -2.35. The molecule has 0 N–H and O–H groups in total. The molecule has 144 valence electrons. The van der Waals surface area contributed by atoms with E-state index >= 15 is 0 Å². The maximum Gasteiger partial charge on any atom is 0.292 e. The van der Waals surface area contributed by atoms with Gasteiger partial charge in [-0.1, -0.05) is 29.8 Å². The summed E-state index contributed by atoms with van der Waals surface area (Å²) in [4.78, 5) is 33.2. The Morgan fingerprint density at radius 3 is 2.50 bits per heavy atom. The lowest BCUT2D eigenvalue weighted by atomic mass is 10.2. The maximum absolute atomic E-state index is 12.7. The summed E-state index contributed by atoms with van der Waals surface area (Å²) in [6.45, 7) is 4.10. The summed E-state index contributed by atoms with van der Waals surface area (Å²) >= 11 is 7.84. The van der Waals surface area contributed by atoms with Crippen LogP contribution < -0.4 is 10.5 Å². The Labute approximate surface area is 170 Å². The van der Waals surface area contributed by atoms with Crippen LogP contribution in [-0.4, -0.2) is 51.8 Å². The van der Waals surface area contributed by atoms with Gasteiger partial charge in [0.2, 0.25) is 0 Å². The molecule has 7 nitrogen and oxygen atoms in total. The molecule has 28 heavy (non-hydrogen) atoms. The maximum atomic E-state index is 12.7. The molecule has 0 radical (unpaired) electrons. The quantitative estimate of drug-likeness (QED) is 0.657. The molecular formula is C19H18ClN5O2S. The first-order valence-electron chi connectivity index (χ1n) is 8.84. The standard InChI is InChI=1S/C19H18ClN5O2S/c1-13-22-15(12-28-13)18(26)24-9-7-23(8-10-24)16-11-21-25(19(27)17(16)20)14-5-3-2-4-6-14/h2-6,11-12H,7-10H2,1H3. The van der Waals surface area contributed by atoms with E-state index in [9.17, 15) is 9.59 Å². The highest BCUT2D eigenvalue weighted by Crippen LogP contribution is 2.23. The van der Waals surface area contributed by atoms with Crippen LogP contribution in [0.2, 0.25) is 5.02 Å². The number of carbonyl (C=O) groups excluding carboxylic acids is 1. The van der Waals surface area contributed by atoms with E-state index in [0.29, 0.717) is 43.2 Å². The Morgan fingerprint density at radius 1 is 1.14 bits per heavy atom.